The van der Waals surface area contributed by atoms with Crippen LogP contribution in [-0.2, 0) is 19.6 Å². The Morgan fingerprint density at radius 2 is 1.66 bits per heavy atom. The third-order valence-corrected chi connectivity index (χ3v) is 7.50. The van der Waals surface area contributed by atoms with Gasteiger partial charge in [0.2, 0.25) is 10.0 Å². The first kappa shape index (κ1) is 22.4. The van der Waals surface area contributed by atoms with Crippen molar-refractivity contribution < 1.29 is 32.6 Å². The number of amides is 2. The number of carbonyl (C=O) groups is 3. The average molecular weight is 479 g/mol. The lowest BCUT2D eigenvalue weighted by atomic mass is 10.1. The highest BCUT2D eigenvalue weighted by atomic mass is 35.5. The number of hydrogen-bond acceptors (Lipinski definition) is 7. The summed E-state index contributed by atoms with van der Waals surface area (Å²) in [7, 11) is -4.08. The zero-order valence-electron chi connectivity index (χ0n) is 16.7. The summed E-state index contributed by atoms with van der Waals surface area (Å²) in [4.78, 5) is 38.3. The molecule has 168 valence electrons. The van der Waals surface area contributed by atoms with Crippen LogP contribution < -0.4 is 0 Å². The summed E-state index contributed by atoms with van der Waals surface area (Å²) < 4.78 is 32.0. The van der Waals surface area contributed by atoms with Crippen LogP contribution in [0.4, 0.5) is 0 Å². The molecule has 2 aliphatic heterocycles. The number of nitrogens with zero attached hydrogens (tertiary/aromatic N) is 2. The number of rotatable bonds is 6. The lowest BCUT2D eigenvalue weighted by molar-refractivity contribution is -0.147. The number of carbonyl (C=O) groups excluding carboxylic acids is 3. The molecule has 2 aliphatic rings. The second kappa shape index (κ2) is 8.62. The maximum Gasteiger partial charge on any atom is 0.324 e. The summed E-state index contributed by atoms with van der Waals surface area (Å²) in [6, 6.07) is 10.6. The number of aliphatic hydroxyl groups is 1. The molecule has 2 atom stereocenters. The van der Waals surface area contributed by atoms with Crippen LogP contribution in [-0.4, -0.2) is 72.4 Å². The van der Waals surface area contributed by atoms with Gasteiger partial charge in [-0.25, -0.2) is 8.42 Å². The van der Waals surface area contributed by atoms with Crippen molar-refractivity contribution in [3.63, 3.8) is 0 Å². The minimum Gasteiger partial charge on any atom is -0.463 e. The predicted molar refractivity (Wildman–Crippen MR) is 113 cm³/mol. The van der Waals surface area contributed by atoms with E-state index >= 15 is 0 Å². The van der Waals surface area contributed by atoms with E-state index in [4.69, 9.17) is 16.3 Å². The van der Waals surface area contributed by atoms with Crippen molar-refractivity contribution in [3.05, 3.63) is 64.7 Å². The van der Waals surface area contributed by atoms with E-state index in [0.717, 1.165) is 9.21 Å². The van der Waals surface area contributed by atoms with Gasteiger partial charge in [0.05, 0.1) is 28.7 Å². The Kier molecular flexibility index (Phi) is 6.04. The van der Waals surface area contributed by atoms with Crippen LogP contribution in [0.2, 0.25) is 5.02 Å². The van der Waals surface area contributed by atoms with Crippen LogP contribution in [0.1, 0.15) is 27.1 Å². The van der Waals surface area contributed by atoms with Crippen LogP contribution in [0.25, 0.3) is 0 Å². The topological polar surface area (TPSA) is 121 Å². The molecule has 32 heavy (non-hydrogen) atoms. The van der Waals surface area contributed by atoms with Crippen molar-refractivity contribution in [3.8, 4) is 0 Å². The molecular formula is C21H19ClN2O7S. The van der Waals surface area contributed by atoms with E-state index in [1.54, 1.807) is 24.3 Å². The summed E-state index contributed by atoms with van der Waals surface area (Å²) in [5.41, 5.74) is 0.561. The minimum atomic E-state index is -4.08. The minimum absolute atomic E-state index is 0.0696. The van der Waals surface area contributed by atoms with Gasteiger partial charge in [0.1, 0.15) is 12.6 Å². The number of fused-ring (bicyclic) bond motifs is 1. The van der Waals surface area contributed by atoms with Crippen LogP contribution in [0.15, 0.2) is 53.4 Å². The van der Waals surface area contributed by atoms with Gasteiger partial charge in [-0.2, -0.15) is 4.31 Å². The number of sulfonamides is 1. The molecule has 2 unspecified atom stereocenters. The highest BCUT2D eigenvalue weighted by Crippen LogP contribution is 2.28. The summed E-state index contributed by atoms with van der Waals surface area (Å²) in [6.45, 7) is -0.730. The zero-order chi connectivity index (χ0) is 23.0. The monoisotopic (exact) mass is 478 g/mol. The molecule has 1 saturated heterocycles. The van der Waals surface area contributed by atoms with E-state index in [0.29, 0.717) is 5.02 Å². The largest absolute Gasteiger partial charge is 0.463 e. The van der Waals surface area contributed by atoms with Gasteiger partial charge in [-0.15, -0.1) is 0 Å². The Hall–Kier alpha value is -2.79. The molecule has 1 fully saturated rings. The lowest BCUT2D eigenvalue weighted by Gasteiger charge is -2.23. The molecule has 2 aromatic rings. The third-order valence-electron chi connectivity index (χ3n) is 5.36. The predicted octanol–water partition coefficient (Wildman–Crippen LogP) is 1.30. The van der Waals surface area contributed by atoms with Crippen molar-refractivity contribution in [2.24, 2.45) is 0 Å². The first-order valence-corrected chi connectivity index (χ1v) is 11.6. The summed E-state index contributed by atoms with van der Waals surface area (Å²) in [5, 5.41) is 10.4. The first-order valence-electron chi connectivity index (χ1n) is 9.77. The zero-order valence-corrected chi connectivity index (χ0v) is 18.3. The van der Waals surface area contributed by atoms with Crippen LogP contribution in [0.3, 0.4) is 0 Å². The molecule has 11 heteroatoms. The molecule has 4 rings (SSSR count). The fourth-order valence-corrected chi connectivity index (χ4v) is 5.53. The molecule has 0 saturated carbocycles. The Morgan fingerprint density at radius 3 is 2.25 bits per heavy atom. The number of esters is 1. The van der Waals surface area contributed by atoms with Gasteiger partial charge in [0.25, 0.3) is 11.8 Å². The van der Waals surface area contributed by atoms with Crippen molar-refractivity contribution >= 4 is 39.4 Å². The van der Waals surface area contributed by atoms with Crippen molar-refractivity contribution in [2.45, 2.75) is 23.5 Å². The Labute approximate surface area is 189 Å². The number of hydrogen-bond donors (Lipinski definition) is 1. The van der Waals surface area contributed by atoms with Gasteiger partial charge in [0, 0.05) is 18.0 Å². The van der Waals surface area contributed by atoms with Gasteiger partial charge in [-0.1, -0.05) is 23.7 Å². The van der Waals surface area contributed by atoms with Crippen molar-refractivity contribution in [1.82, 2.24) is 9.21 Å². The molecule has 9 nitrogen and oxygen atoms in total. The standard InChI is InChI=1S/C21H19ClN2O7S/c22-13-5-7-15(8-6-13)32(29,30)24-12-14(25)11-18(24)21(28)31-10-9-23-19(26)16-3-1-2-4-17(16)20(23)27/h1-8,14,18,25H,9-12H2. The third kappa shape index (κ3) is 4.02. The second-order valence-corrected chi connectivity index (χ2v) is 9.74. The molecule has 0 aromatic heterocycles. The van der Waals surface area contributed by atoms with Gasteiger partial charge < -0.3 is 9.84 Å². The molecular weight excluding hydrogens is 460 g/mol. The Morgan fingerprint density at radius 1 is 1.06 bits per heavy atom. The van der Waals surface area contributed by atoms with Crippen molar-refractivity contribution in [2.75, 3.05) is 19.7 Å². The SMILES string of the molecule is O=C(OCCN1C(=O)c2ccccc2C1=O)C1CC(O)CN1S(=O)(=O)c1ccc(Cl)cc1. The van der Waals surface area contributed by atoms with E-state index in [2.05, 4.69) is 0 Å². The van der Waals surface area contributed by atoms with Gasteiger partial charge in [-0.3, -0.25) is 19.3 Å². The molecule has 0 spiro atoms. The van der Waals surface area contributed by atoms with Gasteiger partial charge >= 0.3 is 5.97 Å². The number of halogens is 1. The number of imide groups is 1. The number of ether oxygens (including phenoxy) is 1. The molecule has 1 N–H and O–H groups in total. The summed E-state index contributed by atoms with van der Waals surface area (Å²) in [6.07, 6.45) is -1.16. The summed E-state index contributed by atoms with van der Waals surface area (Å²) in [5.74, 6) is -1.83. The van der Waals surface area contributed by atoms with Gasteiger partial charge in [-0.05, 0) is 36.4 Å². The van der Waals surface area contributed by atoms with E-state index in [1.165, 1.54) is 24.3 Å². The van der Waals surface area contributed by atoms with E-state index in [9.17, 15) is 27.9 Å². The number of β-amino-alcohol motifs (C(OH)–C–C–N with tert-alkyl or cyclic N) is 1. The smallest absolute Gasteiger partial charge is 0.324 e. The highest BCUT2D eigenvalue weighted by Gasteiger charge is 2.44. The Bertz CT molecular complexity index is 1150. The summed E-state index contributed by atoms with van der Waals surface area (Å²) >= 11 is 5.81. The maximum atomic E-state index is 13.0. The fourth-order valence-electron chi connectivity index (χ4n) is 3.78. The molecule has 2 amide bonds. The van der Waals surface area contributed by atoms with Crippen LogP contribution >= 0.6 is 11.6 Å². The highest BCUT2D eigenvalue weighted by molar-refractivity contribution is 7.89. The first-order chi connectivity index (χ1) is 15.2. The van der Waals surface area contributed by atoms with Gasteiger partial charge in [0.15, 0.2) is 0 Å². The van der Waals surface area contributed by atoms with Crippen molar-refractivity contribution in [1.29, 1.82) is 0 Å². The quantitative estimate of drug-likeness (QED) is 0.490. The number of aliphatic hydroxyl groups excluding tert-OH is 1. The number of benzene rings is 2. The van der Waals surface area contributed by atoms with E-state index in [-0.39, 0.29) is 42.1 Å². The molecule has 0 aliphatic carbocycles. The molecule has 0 bridgehead atoms. The molecule has 2 heterocycles. The maximum absolute atomic E-state index is 13.0. The lowest BCUT2D eigenvalue weighted by Crippen LogP contribution is -2.42. The van der Waals surface area contributed by atoms with E-state index < -0.39 is 40.0 Å². The van der Waals surface area contributed by atoms with Crippen LogP contribution in [0.5, 0.6) is 0 Å². The Balaban J connectivity index is 1.42. The van der Waals surface area contributed by atoms with Crippen LogP contribution in [0, 0.1) is 0 Å². The average Bonchev–Trinajstić information content (AvgIpc) is 3.28. The molecule has 2 aromatic carbocycles. The normalized spacial score (nSPS) is 21.1. The fraction of sp³-hybridized carbons (Fsp3) is 0.286. The second-order valence-electron chi connectivity index (χ2n) is 7.41. The van der Waals surface area contributed by atoms with E-state index in [1.807, 2.05) is 0 Å². The molecule has 0 radical (unpaired) electrons.